The van der Waals surface area contributed by atoms with E-state index in [9.17, 15) is 13.2 Å². The summed E-state index contributed by atoms with van der Waals surface area (Å²) < 4.78 is 38.8. The first-order valence-corrected chi connectivity index (χ1v) is 11.5. The number of ether oxygens (including phenoxy) is 2. The summed E-state index contributed by atoms with van der Waals surface area (Å²) in [6, 6.07) is 12.8. The van der Waals surface area contributed by atoms with E-state index in [-0.39, 0.29) is 10.8 Å². The average Bonchev–Trinajstić information content (AvgIpc) is 3.07. The number of sulfonamides is 1. The highest BCUT2D eigenvalue weighted by Crippen LogP contribution is 2.33. The fraction of sp³-hybridized carbons (Fsp3) is 0.190. The van der Waals surface area contributed by atoms with E-state index in [4.69, 9.17) is 9.47 Å². The Morgan fingerprint density at radius 2 is 1.60 bits per heavy atom. The van der Waals surface area contributed by atoms with E-state index in [0.29, 0.717) is 41.0 Å². The molecule has 156 valence electrons. The fourth-order valence-electron chi connectivity index (χ4n) is 2.90. The third-order valence-electron chi connectivity index (χ3n) is 4.61. The molecular weight excluding hydrogens is 424 g/mol. The first-order chi connectivity index (χ1) is 14.3. The van der Waals surface area contributed by atoms with Crippen LogP contribution in [0.15, 0.2) is 53.4 Å². The van der Waals surface area contributed by atoms with Crippen molar-refractivity contribution in [1.82, 2.24) is 0 Å². The molecule has 9 heteroatoms. The summed E-state index contributed by atoms with van der Waals surface area (Å²) in [4.78, 5) is 14.2. The quantitative estimate of drug-likeness (QED) is 0.615. The number of rotatable bonds is 5. The summed E-state index contributed by atoms with van der Waals surface area (Å²) in [5.74, 6) is 0.735. The zero-order valence-electron chi connectivity index (χ0n) is 16.4. The number of hydrogen-bond donors (Lipinski definition) is 2. The van der Waals surface area contributed by atoms with E-state index in [1.165, 1.54) is 23.5 Å². The van der Waals surface area contributed by atoms with Crippen LogP contribution in [-0.2, 0) is 10.0 Å². The molecule has 1 aliphatic heterocycles. The summed E-state index contributed by atoms with van der Waals surface area (Å²) in [6.07, 6.45) is 0. The van der Waals surface area contributed by atoms with Gasteiger partial charge < -0.3 is 14.8 Å². The molecule has 30 heavy (non-hydrogen) atoms. The standard InChI is InChI=1S/C21H20N2O5S2/c1-13-11-20(29-14(13)2)21(24)22-15-3-5-16(6-4-15)23-30(25,26)17-7-8-18-19(12-17)28-10-9-27-18/h3-8,11-12,23H,9-10H2,1-2H3,(H,22,24). The van der Waals surface area contributed by atoms with Gasteiger partial charge in [0.2, 0.25) is 0 Å². The summed E-state index contributed by atoms with van der Waals surface area (Å²) >= 11 is 1.44. The van der Waals surface area contributed by atoms with E-state index in [1.54, 1.807) is 30.3 Å². The number of anilines is 2. The Morgan fingerprint density at radius 3 is 2.27 bits per heavy atom. The molecule has 2 aromatic carbocycles. The third kappa shape index (κ3) is 4.27. The van der Waals surface area contributed by atoms with Crippen LogP contribution < -0.4 is 19.5 Å². The molecule has 0 aliphatic carbocycles. The van der Waals surface area contributed by atoms with Crippen LogP contribution in [0.3, 0.4) is 0 Å². The number of benzene rings is 2. The number of fused-ring (bicyclic) bond motifs is 1. The van der Waals surface area contributed by atoms with E-state index >= 15 is 0 Å². The van der Waals surface area contributed by atoms with E-state index in [2.05, 4.69) is 10.0 Å². The molecule has 0 atom stereocenters. The Bertz CT molecular complexity index is 1180. The minimum absolute atomic E-state index is 0.0764. The van der Waals surface area contributed by atoms with Crippen LogP contribution in [0.2, 0.25) is 0 Å². The number of carbonyl (C=O) groups excluding carboxylic acids is 1. The lowest BCUT2D eigenvalue weighted by molar-refractivity contribution is 0.103. The van der Waals surface area contributed by atoms with Crippen LogP contribution in [0.1, 0.15) is 20.1 Å². The number of thiophene rings is 1. The Balaban J connectivity index is 1.45. The molecule has 4 rings (SSSR count). The molecule has 0 spiro atoms. The molecule has 0 radical (unpaired) electrons. The van der Waals surface area contributed by atoms with Crippen molar-refractivity contribution >= 4 is 38.6 Å². The van der Waals surface area contributed by atoms with Gasteiger partial charge in [0.05, 0.1) is 9.77 Å². The van der Waals surface area contributed by atoms with Crippen LogP contribution in [-0.4, -0.2) is 27.5 Å². The highest BCUT2D eigenvalue weighted by atomic mass is 32.2. The Hall–Kier alpha value is -3.04. The smallest absolute Gasteiger partial charge is 0.265 e. The van der Waals surface area contributed by atoms with Crippen molar-refractivity contribution in [2.75, 3.05) is 23.3 Å². The van der Waals surface area contributed by atoms with Gasteiger partial charge in [-0.05, 0) is 61.9 Å². The maximum absolute atomic E-state index is 12.7. The van der Waals surface area contributed by atoms with Gasteiger partial charge in [0.25, 0.3) is 15.9 Å². The second-order valence-corrected chi connectivity index (χ2v) is 9.73. The first kappa shape index (κ1) is 20.2. The van der Waals surface area contributed by atoms with Crippen molar-refractivity contribution in [3.05, 3.63) is 63.8 Å². The van der Waals surface area contributed by atoms with Gasteiger partial charge in [-0.1, -0.05) is 0 Å². The number of carbonyl (C=O) groups is 1. The van der Waals surface area contributed by atoms with Gasteiger partial charge in [0.15, 0.2) is 11.5 Å². The molecule has 0 fully saturated rings. The maximum Gasteiger partial charge on any atom is 0.265 e. The first-order valence-electron chi connectivity index (χ1n) is 9.23. The largest absolute Gasteiger partial charge is 0.486 e. The van der Waals surface area contributed by atoms with Gasteiger partial charge >= 0.3 is 0 Å². The molecule has 2 heterocycles. The van der Waals surface area contributed by atoms with Crippen molar-refractivity contribution in [3.8, 4) is 11.5 Å². The van der Waals surface area contributed by atoms with Crippen molar-refractivity contribution in [2.45, 2.75) is 18.7 Å². The van der Waals surface area contributed by atoms with Gasteiger partial charge in [0, 0.05) is 22.3 Å². The van der Waals surface area contributed by atoms with Crippen molar-refractivity contribution < 1.29 is 22.7 Å². The zero-order valence-corrected chi connectivity index (χ0v) is 18.0. The molecule has 0 bridgehead atoms. The Morgan fingerprint density at radius 1 is 0.933 bits per heavy atom. The molecule has 3 aromatic rings. The number of nitrogens with one attached hydrogen (secondary N) is 2. The molecule has 0 unspecified atom stereocenters. The van der Waals surface area contributed by atoms with Gasteiger partial charge in [-0.25, -0.2) is 8.42 Å². The highest BCUT2D eigenvalue weighted by Gasteiger charge is 2.19. The minimum Gasteiger partial charge on any atom is -0.486 e. The predicted octanol–water partition coefficient (Wildman–Crippen LogP) is 4.19. The van der Waals surface area contributed by atoms with Gasteiger partial charge in [-0.15, -0.1) is 11.3 Å². The van der Waals surface area contributed by atoms with Gasteiger partial charge in [-0.2, -0.15) is 0 Å². The van der Waals surface area contributed by atoms with Crippen LogP contribution in [0.5, 0.6) is 11.5 Å². The van der Waals surface area contributed by atoms with Gasteiger partial charge in [-0.3, -0.25) is 9.52 Å². The predicted molar refractivity (Wildman–Crippen MR) is 116 cm³/mol. The third-order valence-corrected chi connectivity index (χ3v) is 7.14. The molecule has 2 N–H and O–H groups in total. The summed E-state index contributed by atoms with van der Waals surface area (Å²) in [5.41, 5.74) is 2.03. The maximum atomic E-state index is 12.7. The molecular formula is C21H20N2O5S2. The molecule has 0 saturated heterocycles. The Labute approximate surface area is 178 Å². The molecule has 1 aromatic heterocycles. The molecule has 7 nitrogen and oxygen atoms in total. The topological polar surface area (TPSA) is 93.7 Å². The fourth-order valence-corrected chi connectivity index (χ4v) is 4.91. The average molecular weight is 445 g/mol. The monoisotopic (exact) mass is 444 g/mol. The summed E-state index contributed by atoms with van der Waals surface area (Å²) in [7, 11) is -3.80. The minimum atomic E-state index is -3.80. The van der Waals surface area contributed by atoms with E-state index < -0.39 is 10.0 Å². The van der Waals surface area contributed by atoms with E-state index in [0.717, 1.165) is 10.4 Å². The molecule has 0 saturated carbocycles. The lowest BCUT2D eigenvalue weighted by Gasteiger charge is -2.19. The van der Waals surface area contributed by atoms with Gasteiger partial charge in [0.1, 0.15) is 13.2 Å². The molecule has 1 aliphatic rings. The zero-order chi connectivity index (χ0) is 21.3. The van der Waals surface area contributed by atoms with Crippen LogP contribution in [0.4, 0.5) is 11.4 Å². The Kier molecular flexibility index (Phi) is 5.40. The van der Waals surface area contributed by atoms with Crippen molar-refractivity contribution in [2.24, 2.45) is 0 Å². The lowest BCUT2D eigenvalue weighted by Crippen LogP contribution is -2.17. The lowest BCUT2D eigenvalue weighted by atomic mass is 10.2. The SMILES string of the molecule is Cc1cc(C(=O)Nc2ccc(NS(=O)(=O)c3ccc4c(c3)OCCO4)cc2)sc1C. The van der Waals surface area contributed by atoms with Crippen molar-refractivity contribution in [3.63, 3.8) is 0 Å². The van der Waals surface area contributed by atoms with Crippen molar-refractivity contribution in [1.29, 1.82) is 0 Å². The number of aryl methyl sites for hydroxylation is 2. The second-order valence-electron chi connectivity index (χ2n) is 6.79. The summed E-state index contributed by atoms with van der Waals surface area (Å²) in [5, 5.41) is 2.82. The van der Waals surface area contributed by atoms with E-state index in [1.807, 2.05) is 19.9 Å². The molecule has 1 amide bonds. The second kappa shape index (κ2) is 8.00. The summed E-state index contributed by atoms with van der Waals surface area (Å²) in [6.45, 7) is 4.75. The van der Waals surface area contributed by atoms with Crippen LogP contribution >= 0.6 is 11.3 Å². The highest BCUT2D eigenvalue weighted by molar-refractivity contribution is 7.92. The van der Waals surface area contributed by atoms with Crippen LogP contribution in [0, 0.1) is 13.8 Å². The number of hydrogen-bond acceptors (Lipinski definition) is 6. The normalized spacial score (nSPS) is 13.0. The van der Waals surface area contributed by atoms with Crippen LogP contribution in [0.25, 0.3) is 0 Å². The number of amides is 1.